The number of halogens is 3. The normalized spacial score (nSPS) is 12.9. The van der Waals surface area contributed by atoms with Crippen LogP contribution in [0.25, 0.3) is 0 Å². The Morgan fingerprint density at radius 1 is 1.38 bits per heavy atom. The van der Waals surface area contributed by atoms with Gasteiger partial charge in [-0.2, -0.15) is 5.10 Å². The molecule has 1 unspecified atom stereocenters. The number of benzene rings is 1. The fourth-order valence-electron chi connectivity index (χ4n) is 2.06. The van der Waals surface area contributed by atoms with Crippen molar-refractivity contribution in [2.24, 2.45) is 5.73 Å². The minimum absolute atomic E-state index is 0.321. The van der Waals surface area contributed by atoms with Crippen LogP contribution in [0.2, 0.25) is 0 Å². The molecule has 2 aromatic rings. The van der Waals surface area contributed by atoms with E-state index >= 15 is 0 Å². The van der Waals surface area contributed by atoms with Crippen molar-refractivity contribution in [3.05, 3.63) is 50.4 Å². The minimum atomic E-state index is -0.464. The second kappa shape index (κ2) is 7.00. The van der Waals surface area contributed by atoms with Gasteiger partial charge in [-0.1, -0.05) is 12.1 Å². The highest BCUT2D eigenvalue weighted by atomic mass is 79.9. The molecule has 0 saturated carbocycles. The highest BCUT2D eigenvalue weighted by molar-refractivity contribution is 9.10. The molecular formula is C14H17Br2FN4. The van der Waals surface area contributed by atoms with E-state index in [-0.39, 0.29) is 5.82 Å². The van der Waals surface area contributed by atoms with E-state index in [1.807, 2.05) is 24.8 Å². The van der Waals surface area contributed by atoms with Gasteiger partial charge in [0, 0.05) is 6.54 Å². The molecule has 1 aromatic carbocycles. The van der Waals surface area contributed by atoms with E-state index in [4.69, 9.17) is 5.73 Å². The Hall–Kier alpha value is -0.760. The molecule has 0 aliphatic heterocycles. The Morgan fingerprint density at radius 3 is 2.76 bits per heavy atom. The van der Waals surface area contributed by atoms with Gasteiger partial charge in [0.25, 0.3) is 0 Å². The van der Waals surface area contributed by atoms with Crippen molar-refractivity contribution in [1.82, 2.24) is 14.7 Å². The summed E-state index contributed by atoms with van der Waals surface area (Å²) in [6.07, 6.45) is 1.72. The smallest absolute Gasteiger partial charge is 0.137 e. The first-order chi connectivity index (χ1) is 9.91. The van der Waals surface area contributed by atoms with E-state index < -0.39 is 6.04 Å². The lowest BCUT2D eigenvalue weighted by Crippen LogP contribution is -2.24. The summed E-state index contributed by atoms with van der Waals surface area (Å²) >= 11 is 6.75. The average Bonchev–Trinajstić information content (AvgIpc) is 2.80. The Morgan fingerprint density at radius 2 is 2.10 bits per heavy atom. The van der Waals surface area contributed by atoms with Gasteiger partial charge >= 0.3 is 0 Å². The van der Waals surface area contributed by atoms with Crippen molar-refractivity contribution in [2.45, 2.75) is 12.6 Å². The van der Waals surface area contributed by atoms with Gasteiger partial charge < -0.3 is 10.6 Å². The SMILES string of the molecule is CN(C)CCn1ncc(Br)c1C(N)c1cccc(F)c1Br. The molecule has 7 heteroatoms. The fraction of sp³-hybridized carbons (Fsp3) is 0.357. The predicted molar refractivity (Wildman–Crippen MR) is 88.6 cm³/mol. The highest BCUT2D eigenvalue weighted by Gasteiger charge is 2.21. The number of nitrogens with zero attached hydrogens (tertiary/aromatic N) is 3. The first-order valence-corrected chi connectivity index (χ1v) is 8.06. The maximum atomic E-state index is 13.7. The second-order valence-electron chi connectivity index (χ2n) is 5.02. The van der Waals surface area contributed by atoms with Gasteiger partial charge in [-0.3, -0.25) is 4.68 Å². The van der Waals surface area contributed by atoms with E-state index in [9.17, 15) is 4.39 Å². The molecule has 21 heavy (non-hydrogen) atoms. The summed E-state index contributed by atoms with van der Waals surface area (Å²) < 4.78 is 16.8. The Bertz CT molecular complexity index is 627. The standard InChI is InChI=1S/C14H17Br2FN4/c1-20(2)6-7-21-14(10(15)8-19-21)13(18)9-4-3-5-11(17)12(9)16/h3-5,8,13H,6-7,18H2,1-2H3. The van der Waals surface area contributed by atoms with Crippen LogP contribution in [0, 0.1) is 5.82 Å². The van der Waals surface area contributed by atoms with Crippen molar-refractivity contribution >= 4 is 31.9 Å². The maximum absolute atomic E-state index is 13.7. The highest BCUT2D eigenvalue weighted by Crippen LogP contribution is 2.32. The minimum Gasteiger partial charge on any atom is -0.319 e. The van der Waals surface area contributed by atoms with Crippen LogP contribution in [0.4, 0.5) is 4.39 Å². The van der Waals surface area contributed by atoms with E-state index in [1.54, 1.807) is 12.3 Å². The molecule has 0 amide bonds. The number of aromatic nitrogens is 2. The fourth-order valence-corrected chi connectivity index (χ4v) is 3.12. The molecule has 0 saturated heterocycles. The van der Waals surface area contributed by atoms with Gasteiger partial charge in [-0.25, -0.2) is 4.39 Å². The van der Waals surface area contributed by atoms with Crippen molar-refractivity contribution in [1.29, 1.82) is 0 Å². The molecule has 0 fully saturated rings. The van der Waals surface area contributed by atoms with E-state index in [0.29, 0.717) is 16.6 Å². The third kappa shape index (κ3) is 3.71. The van der Waals surface area contributed by atoms with Crippen LogP contribution in [-0.2, 0) is 6.54 Å². The third-order valence-corrected chi connectivity index (χ3v) is 4.65. The van der Waals surface area contributed by atoms with E-state index in [1.165, 1.54) is 6.07 Å². The molecule has 0 radical (unpaired) electrons. The lowest BCUT2D eigenvalue weighted by atomic mass is 10.0. The summed E-state index contributed by atoms with van der Waals surface area (Å²) in [5, 5.41) is 4.34. The monoisotopic (exact) mass is 418 g/mol. The lowest BCUT2D eigenvalue weighted by molar-refractivity contribution is 0.368. The zero-order valence-corrected chi connectivity index (χ0v) is 15.0. The average molecular weight is 420 g/mol. The molecular weight excluding hydrogens is 403 g/mol. The maximum Gasteiger partial charge on any atom is 0.137 e. The van der Waals surface area contributed by atoms with Crippen molar-refractivity contribution in [2.75, 3.05) is 20.6 Å². The summed E-state index contributed by atoms with van der Waals surface area (Å²) in [5.41, 5.74) is 7.87. The molecule has 1 aromatic heterocycles. The Balaban J connectivity index is 2.36. The molecule has 0 aliphatic rings. The molecule has 0 bridgehead atoms. The quantitative estimate of drug-likeness (QED) is 0.809. The van der Waals surface area contributed by atoms with Crippen molar-refractivity contribution in [3.63, 3.8) is 0 Å². The van der Waals surface area contributed by atoms with Crippen molar-refractivity contribution in [3.8, 4) is 0 Å². The van der Waals surface area contributed by atoms with Gasteiger partial charge in [0.1, 0.15) is 5.82 Å². The molecule has 2 N–H and O–H groups in total. The van der Waals surface area contributed by atoms with E-state index in [2.05, 4.69) is 41.9 Å². The molecule has 114 valence electrons. The Kier molecular flexibility index (Phi) is 5.54. The van der Waals surface area contributed by atoms with E-state index in [0.717, 1.165) is 16.7 Å². The lowest BCUT2D eigenvalue weighted by Gasteiger charge is -2.18. The summed E-state index contributed by atoms with van der Waals surface area (Å²) in [6.45, 7) is 1.56. The van der Waals surface area contributed by atoms with Crippen LogP contribution in [0.15, 0.2) is 33.3 Å². The first kappa shape index (κ1) is 16.6. The van der Waals surface area contributed by atoms with Crippen LogP contribution < -0.4 is 5.73 Å². The number of likely N-dealkylation sites (N-methyl/N-ethyl adjacent to an activating group) is 1. The molecule has 2 rings (SSSR count). The number of hydrogen-bond donors (Lipinski definition) is 1. The van der Waals surface area contributed by atoms with Crippen molar-refractivity contribution < 1.29 is 4.39 Å². The summed E-state index contributed by atoms with van der Waals surface area (Å²) in [7, 11) is 4.00. The van der Waals surface area contributed by atoms with Gasteiger partial charge in [0.05, 0.1) is 33.4 Å². The number of nitrogens with two attached hydrogens (primary N) is 1. The predicted octanol–water partition coefficient (Wildman–Crippen LogP) is 3.16. The summed E-state index contributed by atoms with van der Waals surface area (Å²) in [5.74, 6) is -0.321. The molecule has 1 atom stereocenters. The van der Waals surface area contributed by atoms with Crippen LogP contribution in [-0.4, -0.2) is 35.3 Å². The van der Waals surface area contributed by atoms with Crippen LogP contribution in [0.5, 0.6) is 0 Å². The zero-order chi connectivity index (χ0) is 15.6. The van der Waals surface area contributed by atoms with Crippen LogP contribution >= 0.6 is 31.9 Å². The zero-order valence-electron chi connectivity index (χ0n) is 11.9. The topological polar surface area (TPSA) is 47.1 Å². The Labute approximate surface area is 140 Å². The number of rotatable bonds is 5. The van der Waals surface area contributed by atoms with Gasteiger partial charge in [-0.15, -0.1) is 0 Å². The van der Waals surface area contributed by atoms with Gasteiger partial charge in [0.15, 0.2) is 0 Å². The summed E-state index contributed by atoms with van der Waals surface area (Å²) in [6, 6.07) is 4.41. The molecule has 1 heterocycles. The first-order valence-electron chi connectivity index (χ1n) is 6.47. The number of hydrogen-bond acceptors (Lipinski definition) is 3. The van der Waals surface area contributed by atoms with Gasteiger partial charge in [-0.05, 0) is 57.6 Å². The van der Waals surface area contributed by atoms with Crippen LogP contribution in [0.1, 0.15) is 17.3 Å². The third-order valence-electron chi connectivity index (χ3n) is 3.20. The molecule has 0 aliphatic carbocycles. The summed E-state index contributed by atoms with van der Waals surface area (Å²) in [4.78, 5) is 2.07. The largest absolute Gasteiger partial charge is 0.319 e. The molecule has 4 nitrogen and oxygen atoms in total. The van der Waals surface area contributed by atoms with Crippen LogP contribution in [0.3, 0.4) is 0 Å². The second-order valence-corrected chi connectivity index (χ2v) is 6.67. The van der Waals surface area contributed by atoms with Gasteiger partial charge in [0.2, 0.25) is 0 Å². The molecule has 0 spiro atoms.